The van der Waals surface area contributed by atoms with E-state index in [1.165, 1.54) is 12.5 Å². The Kier molecular flexibility index (Phi) is 6.13. The van der Waals surface area contributed by atoms with Gasteiger partial charge in [0.15, 0.2) is 0 Å². The maximum absolute atomic E-state index is 11.0. The number of carbonyl (C=O) groups excluding carboxylic acids is 1. The van der Waals surface area contributed by atoms with Crippen LogP contribution in [0, 0.1) is 0 Å². The zero-order chi connectivity index (χ0) is 15.8. The van der Waals surface area contributed by atoms with Crippen molar-refractivity contribution in [1.82, 2.24) is 5.32 Å². The Hall–Kier alpha value is -2.17. The maximum Gasteiger partial charge on any atom is 0.221 e. The summed E-state index contributed by atoms with van der Waals surface area (Å²) >= 11 is 0. The summed E-state index contributed by atoms with van der Waals surface area (Å²) in [4.78, 5) is 11.0. The second-order valence-corrected chi connectivity index (χ2v) is 5.14. The molecule has 1 amide bonds. The highest BCUT2D eigenvalue weighted by atomic mass is 16.5. The normalized spacial score (nSPS) is 11.9. The summed E-state index contributed by atoms with van der Waals surface area (Å²) in [5, 5.41) is 6.16. The molecule has 116 valence electrons. The molecule has 0 bridgehead atoms. The number of hydrogen-bond donors (Lipinski definition) is 2. The first kappa shape index (κ1) is 16.2. The Labute approximate surface area is 131 Å². The zero-order valence-electron chi connectivity index (χ0n) is 13.0. The van der Waals surface area contributed by atoms with Crippen LogP contribution in [0.1, 0.15) is 24.2 Å². The number of ether oxygens (including phenoxy) is 1. The van der Waals surface area contributed by atoms with Crippen LogP contribution in [-0.4, -0.2) is 19.6 Å². The molecule has 0 aliphatic carbocycles. The quantitative estimate of drug-likeness (QED) is 0.825. The fraction of sp³-hybridized carbons (Fsp3) is 0.278. The third-order valence-electron chi connectivity index (χ3n) is 3.39. The highest BCUT2D eigenvalue weighted by molar-refractivity contribution is 5.88. The van der Waals surface area contributed by atoms with Crippen molar-refractivity contribution in [2.24, 2.45) is 0 Å². The molecule has 1 atom stereocenters. The van der Waals surface area contributed by atoms with Crippen LogP contribution in [-0.2, 0) is 16.1 Å². The van der Waals surface area contributed by atoms with Gasteiger partial charge in [0.1, 0.15) is 0 Å². The van der Waals surface area contributed by atoms with E-state index in [-0.39, 0.29) is 12.0 Å². The van der Waals surface area contributed by atoms with Gasteiger partial charge in [0, 0.05) is 32.8 Å². The molecule has 4 nitrogen and oxygen atoms in total. The zero-order valence-corrected chi connectivity index (χ0v) is 13.0. The van der Waals surface area contributed by atoms with E-state index >= 15 is 0 Å². The lowest BCUT2D eigenvalue weighted by Crippen LogP contribution is -2.22. The van der Waals surface area contributed by atoms with Gasteiger partial charge in [-0.05, 0) is 23.3 Å². The van der Waals surface area contributed by atoms with Gasteiger partial charge in [-0.1, -0.05) is 42.5 Å². The number of nitrogens with one attached hydrogen (secondary N) is 2. The van der Waals surface area contributed by atoms with Gasteiger partial charge in [-0.15, -0.1) is 0 Å². The summed E-state index contributed by atoms with van der Waals surface area (Å²) in [5.74, 6) is -0.0586. The van der Waals surface area contributed by atoms with Crippen LogP contribution in [0.4, 0.5) is 5.69 Å². The smallest absolute Gasteiger partial charge is 0.221 e. The molecule has 22 heavy (non-hydrogen) atoms. The molecule has 0 aliphatic heterocycles. The minimum Gasteiger partial charge on any atom is -0.375 e. The summed E-state index contributed by atoms with van der Waals surface area (Å²) in [7, 11) is 1.72. The molecular weight excluding hydrogens is 276 g/mol. The Balaban J connectivity index is 1.83. The third kappa shape index (κ3) is 4.98. The fourth-order valence-corrected chi connectivity index (χ4v) is 2.26. The number of methoxy groups -OCH3 is 1. The summed E-state index contributed by atoms with van der Waals surface area (Å²) in [6.45, 7) is 3.00. The Morgan fingerprint density at radius 1 is 1.09 bits per heavy atom. The molecule has 4 heteroatoms. The van der Waals surface area contributed by atoms with E-state index in [0.717, 1.165) is 24.3 Å². The second-order valence-electron chi connectivity index (χ2n) is 5.14. The fourth-order valence-electron chi connectivity index (χ4n) is 2.26. The van der Waals surface area contributed by atoms with Crippen LogP contribution in [0.15, 0.2) is 54.6 Å². The SMILES string of the molecule is CO[C@H](CNCc1ccc(NC(C)=O)cc1)c1ccccc1. The molecule has 2 aromatic carbocycles. The molecule has 0 fully saturated rings. The van der Waals surface area contributed by atoms with Crippen molar-refractivity contribution >= 4 is 11.6 Å². The average molecular weight is 298 g/mol. The highest BCUT2D eigenvalue weighted by Gasteiger charge is 2.09. The van der Waals surface area contributed by atoms with Gasteiger partial charge in [-0.3, -0.25) is 4.79 Å². The number of rotatable bonds is 7. The standard InChI is InChI=1S/C18H22N2O2/c1-14(21)20-17-10-8-15(9-11-17)12-19-13-18(22-2)16-6-4-3-5-7-16/h3-11,18-19H,12-13H2,1-2H3,(H,20,21)/t18-/m1/s1. The molecule has 0 aliphatic rings. The van der Waals surface area contributed by atoms with Crippen LogP contribution in [0.2, 0.25) is 0 Å². The van der Waals surface area contributed by atoms with Crippen molar-refractivity contribution in [3.05, 3.63) is 65.7 Å². The molecule has 0 saturated carbocycles. The predicted molar refractivity (Wildman–Crippen MR) is 88.6 cm³/mol. The van der Waals surface area contributed by atoms with E-state index in [0.29, 0.717) is 0 Å². The number of benzene rings is 2. The minimum absolute atomic E-state index is 0.0415. The minimum atomic E-state index is -0.0586. The molecule has 2 N–H and O–H groups in total. The van der Waals surface area contributed by atoms with Gasteiger partial charge in [0.25, 0.3) is 0 Å². The van der Waals surface area contributed by atoms with Crippen LogP contribution in [0.5, 0.6) is 0 Å². The highest BCUT2D eigenvalue weighted by Crippen LogP contribution is 2.15. The Bertz CT molecular complexity index is 582. The second kappa shape index (κ2) is 8.32. The van der Waals surface area contributed by atoms with Gasteiger partial charge < -0.3 is 15.4 Å². The molecule has 0 aromatic heterocycles. The van der Waals surface area contributed by atoms with Crippen LogP contribution in [0.3, 0.4) is 0 Å². The van der Waals surface area contributed by atoms with Crippen molar-refractivity contribution in [2.45, 2.75) is 19.6 Å². The molecule has 0 heterocycles. The van der Waals surface area contributed by atoms with Crippen molar-refractivity contribution in [1.29, 1.82) is 0 Å². The maximum atomic E-state index is 11.0. The number of amides is 1. The molecule has 2 rings (SSSR count). The van der Waals surface area contributed by atoms with E-state index < -0.39 is 0 Å². The molecule has 0 spiro atoms. The van der Waals surface area contributed by atoms with E-state index in [9.17, 15) is 4.79 Å². The van der Waals surface area contributed by atoms with E-state index in [2.05, 4.69) is 22.8 Å². The monoisotopic (exact) mass is 298 g/mol. The molecule has 0 radical (unpaired) electrons. The van der Waals surface area contributed by atoms with E-state index in [1.807, 2.05) is 42.5 Å². The lowest BCUT2D eigenvalue weighted by atomic mass is 10.1. The first-order chi connectivity index (χ1) is 10.7. The Morgan fingerprint density at radius 3 is 2.36 bits per heavy atom. The first-order valence-electron chi connectivity index (χ1n) is 7.34. The van der Waals surface area contributed by atoms with Crippen molar-refractivity contribution in [3.8, 4) is 0 Å². The van der Waals surface area contributed by atoms with Crippen molar-refractivity contribution < 1.29 is 9.53 Å². The Morgan fingerprint density at radius 2 is 1.77 bits per heavy atom. The lowest BCUT2D eigenvalue weighted by Gasteiger charge is -2.16. The lowest BCUT2D eigenvalue weighted by molar-refractivity contribution is -0.114. The van der Waals surface area contributed by atoms with Crippen LogP contribution in [0.25, 0.3) is 0 Å². The van der Waals surface area contributed by atoms with Crippen molar-refractivity contribution in [3.63, 3.8) is 0 Å². The molecule has 0 unspecified atom stereocenters. The summed E-state index contributed by atoms with van der Waals surface area (Å²) in [6, 6.07) is 18.0. The summed E-state index contributed by atoms with van der Waals surface area (Å²) in [5.41, 5.74) is 3.14. The number of anilines is 1. The summed E-state index contributed by atoms with van der Waals surface area (Å²) in [6.07, 6.45) is 0.0415. The molecule has 2 aromatic rings. The average Bonchev–Trinajstić information content (AvgIpc) is 2.53. The largest absolute Gasteiger partial charge is 0.375 e. The molecular formula is C18H22N2O2. The van der Waals surface area contributed by atoms with Gasteiger partial charge >= 0.3 is 0 Å². The number of hydrogen-bond acceptors (Lipinski definition) is 3. The van der Waals surface area contributed by atoms with Crippen LogP contribution < -0.4 is 10.6 Å². The van der Waals surface area contributed by atoms with Crippen LogP contribution >= 0.6 is 0 Å². The van der Waals surface area contributed by atoms with Gasteiger partial charge in [-0.25, -0.2) is 0 Å². The van der Waals surface area contributed by atoms with E-state index in [1.54, 1.807) is 7.11 Å². The van der Waals surface area contributed by atoms with Gasteiger partial charge in [-0.2, -0.15) is 0 Å². The van der Waals surface area contributed by atoms with Gasteiger partial charge in [0.2, 0.25) is 5.91 Å². The number of carbonyl (C=O) groups is 1. The van der Waals surface area contributed by atoms with Gasteiger partial charge in [0.05, 0.1) is 6.10 Å². The molecule has 0 saturated heterocycles. The van der Waals surface area contributed by atoms with E-state index in [4.69, 9.17) is 4.74 Å². The third-order valence-corrected chi connectivity index (χ3v) is 3.39. The first-order valence-corrected chi connectivity index (χ1v) is 7.34. The predicted octanol–water partition coefficient (Wildman–Crippen LogP) is 3.12. The topological polar surface area (TPSA) is 50.4 Å². The van der Waals surface area contributed by atoms with Crippen molar-refractivity contribution in [2.75, 3.05) is 19.0 Å². The summed E-state index contributed by atoms with van der Waals surface area (Å²) < 4.78 is 5.53.